The fourth-order valence-electron chi connectivity index (χ4n) is 1.36. The van der Waals surface area contributed by atoms with Crippen molar-refractivity contribution in [1.29, 1.82) is 0 Å². The SMILES string of the molecule is C=C(C(=C)c1ccc[nH]1)c1ccc[nH]1. The van der Waals surface area contributed by atoms with Gasteiger partial charge in [0.1, 0.15) is 0 Å². The summed E-state index contributed by atoms with van der Waals surface area (Å²) in [6.45, 7) is 8.00. The molecule has 14 heavy (non-hydrogen) atoms. The van der Waals surface area contributed by atoms with Gasteiger partial charge < -0.3 is 9.97 Å². The molecule has 0 saturated heterocycles. The third kappa shape index (κ3) is 1.42. The number of hydrogen-bond acceptors (Lipinski definition) is 0. The first-order valence-corrected chi connectivity index (χ1v) is 4.45. The molecule has 0 aromatic carbocycles. The normalized spacial score (nSPS) is 10.0. The van der Waals surface area contributed by atoms with Gasteiger partial charge in [0.2, 0.25) is 0 Å². The van der Waals surface area contributed by atoms with Crippen molar-refractivity contribution < 1.29 is 0 Å². The minimum absolute atomic E-state index is 0.914. The number of allylic oxidation sites excluding steroid dienone is 2. The molecule has 0 spiro atoms. The van der Waals surface area contributed by atoms with Gasteiger partial charge >= 0.3 is 0 Å². The van der Waals surface area contributed by atoms with E-state index in [9.17, 15) is 0 Å². The minimum Gasteiger partial charge on any atom is -0.361 e. The molecule has 70 valence electrons. The van der Waals surface area contributed by atoms with Gasteiger partial charge in [-0.15, -0.1) is 0 Å². The van der Waals surface area contributed by atoms with E-state index in [-0.39, 0.29) is 0 Å². The quantitative estimate of drug-likeness (QED) is 0.687. The summed E-state index contributed by atoms with van der Waals surface area (Å²) in [5.74, 6) is 0. The van der Waals surface area contributed by atoms with Crippen LogP contribution in [-0.2, 0) is 0 Å². The van der Waals surface area contributed by atoms with Gasteiger partial charge in [-0.2, -0.15) is 0 Å². The Morgan fingerprint density at radius 2 is 1.29 bits per heavy atom. The smallest absolute Gasteiger partial charge is 0.0454 e. The number of H-pyrrole nitrogens is 2. The van der Waals surface area contributed by atoms with Crippen LogP contribution >= 0.6 is 0 Å². The summed E-state index contributed by atoms with van der Waals surface area (Å²) < 4.78 is 0. The second kappa shape index (κ2) is 3.42. The number of nitrogens with one attached hydrogen (secondary N) is 2. The van der Waals surface area contributed by atoms with E-state index in [2.05, 4.69) is 23.1 Å². The lowest BCUT2D eigenvalue weighted by atomic mass is 10.0. The van der Waals surface area contributed by atoms with Crippen LogP contribution in [0.1, 0.15) is 11.4 Å². The molecule has 0 fully saturated rings. The Kier molecular flexibility index (Phi) is 2.11. The second-order valence-corrected chi connectivity index (χ2v) is 3.12. The van der Waals surface area contributed by atoms with Crippen LogP contribution in [0.2, 0.25) is 0 Å². The van der Waals surface area contributed by atoms with Gasteiger partial charge in [0.25, 0.3) is 0 Å². The fourth-order valence-corrected chi connectivity index (χ4v) is 1.36. The van der Waals surface area contributed by atoms with E-state index in [4.69, 9.17) is 0 Å². The number of rotatable bonds is 3. The van der Waals surface area contributed by atoms with Gasteiger partial charge in [0.15, 0.2) is 0 Å². The monoisotopic (exact) mass is 184 g/mol. The zero-order valence-corrected chi connectivity index (χ0v) is 7.88. The maximum Gasteiger partial charge on any atom is 0.0454 e. The highest BCUT2D eigenvalue weighted by molar-refractivity contribution is 6.01. The predicted octanol–water partition coefficient (Wildman–Crippen LogP) is 3.07. The van der Waals surface area contributed by atoms with Crippen LogP contribution in [-0.4, -0.2) is 9.97 Å². The highest BCUT2D eigenvalue weighted by atomic mass is 14.7. The van der Waals surface area contributed by atoms with E-state index in [1.807, 2.05) is 36.7 Å². The largest absolute Gasteiger partial charge is 0.361 e. The summed E-state index contributed by atoms with van der Waals surface area (Å²) in [5, 5.41) is 0. The molecule has 2 heteroatoms. The van der Waals surface area contributed by atoms with Crippen LogP contribution < -0.4 is 0 Å². The molecule has 0 atom stereocenters. The lowest BCUT2D eigenvalue weighted by molar-refractivity contribution is 1.34. The maximum absolute atomic E-state index is 4.00. The Morgan fingerprint density at radius 3 is 1.57 bits per heavy atom. The Morgan fingerprint density at radius 1 is 0.857 bits per heavy atom. The lowest BCUT2D eigenvalue weighted by Gasteiger charge is -2.05. The van der Waals surface area contributed by atoms with Crippen LogP contribution in [0.5, 0.6) is 0 Å². The van der Waals surface area contributed by atoms with Crippen LogP contribution in [0.15, 0.2) is 49.8 Å². The number of hydrogen-bond donors (Lipinski definition) is 2. The Bertz CT molecular complexity index is 388. The summed E-state index contributed by atoms with van der Waals surface area (Å²) in [7, 11) is 0. The van der Waals surface area contributed by atoms with Crippen molar-refractivity contribution in [2.45, 2.75) is 0 Å². The standard InChI is InChI=1S/C12H12N2/c1-9(11-5-3-7-13-11)10(2)12-6-4-8-14-12/h3-8,13-14H,1-2H2. The average molecular weight is 184 g/mol. The van der Waals surface area contributed by atoms with Crippen LogP contribution in [0.25, 0.3) is 11.1 Å². The van der Waals surface area contributed by atoms with Gasteiger partial charge in [0, 0.05) is 23.8 Å². The molecule has 0 amide bonds. The Labute approximate surface area is 83.0 Å². The highest BCUT2D eigenvalue weighted by Crippen LogP contribution is 2.25. The van der Waals surface area contributed by atoms with E-state index in [1.54, 1.807) is 0 Å². The number of aromatic amines is 2. The molecule has 2 heterocycles. The predicted molar refractivity (Wildman–Crippen MR) is 59.7 cm³/mol. The number of aromatic nitrogens is 2. The molecule has 0 aliphatic rings. The molecule has 0 bridgehead atoms. The summed E-state index contributed by atoms with van der Waals surface area (Å²) in [4.78, 5) is 6.21. The lowest BCUT2D eigenvalue weighted by Crippen LogP contribution is -1.87. The first-order chi connectivity index (χ1) is 6.79. The zero-order chi connectivity index (χ0) is 9.97. The van der Waals surface area contributed by atoms with Crippen molar-refractivity contribution in [2.24, 2.45) is 0 Å². The third-order valence-electron chi connectivity index (χ3n) is 2.21. The molecule has 2 N–H and O–H groups in total. The first-order valence-electron chi connectivity index (χ1n) is 4.45. The third-order valence-corrected chi connectivity index (χ3v) is 2.21. The van der Waals surface area contributed by atoms with Gasteiger partial charge in [-0.25, -0.2) is 0 Å². The van der Waals surface area contributed by atoms with Crippen LogP contribution in [0, 0.1) is 0 Å². The molecule has 2 rings (SSSR count). The topological polar surface area (TPSA) is 31.6 Å². The highest BCUT2D eigenvalue weighted by Gasteiger charge is 2.06. The molecule has 0 radical (unpaired) electrons. The molecule has 0 aliphatic carbocycles. The van der Waals surface area contributed by atoms with Gasteiger partial charge in [-0.05, 0) is 35.4 Å². The summed E-state index contributed by atoms with van der Waals surface area (Å²) in [6, 6.07) is 7.86. The van der Waals surface area contributed by atoms with E-state index >= 15 is 0 Å². The average Bonchev–Trinajstić information content (AvgIpc) is 2.87. The summed E-state index contributed by atoms with van der Waals surface area (Å²) in [6.07, 6.45) is 3.75. The zero-order valence-electron chi connectivity index (χ0n) is 7.88. The van der Waals surface area contributed by atoms with Gasteiger partial charge in [-0.1, -0.05) is 13.2 Å². The van der Waals surface area contributed by atoms with Crippen LogP contribution in [0.4, 0.5) is 0 Å². The van der Waals surface area contributed by atoms with Gasteiger partial charge in [-0.3, -0.25) is 0 Å². The maximum atomic E-state index is 4.00. The van der Waals surface area contributed by atoms with Crippen LogP contribution in [0.3, 0.4) is 0 Å². The van der Waals surface area contributed by atoms with E-state index in [0.717, 1.165) is 22.5 Å². The van der Waals surface area contributed by atoms with Crippen molar-refractivity contribution in [3.8, 4) is 0 Å². The fraction of sp³-hybridized carbons (Fsp3) is 0. The minimum atomic E-state index is 0.914. The van der Waals surface area contributed by atoms with Crippen molar-refractivity contribution in [3.63, 3.8) is 0 Å². The van der Waals surface area contributed by atoms with Crippen molar-refractivity contribution in [2.75, 3.05) is 0 Å². The van der Waals surface area contributed by atoms with Crippen molar-refractivity contribution in [3.05, 3.63) is 61.2 Å². The van der Waals surface area contributed by atoms with Gasteiger partial charge in [0.05, 0.1) is 0 Å². The van der Waals surface area contributed by atoms with E-state index in [1.165, 1.54) is 0 Å². The first kappa shape index (κ1) is 8.63. The van der Waals surface area contributed by atoms with Crippen molar-refractivity contribution in [1.82, 2.24) is 9.97 Å². The molecule has 2 aromatic rings. The van der Waals surface area contributed by atoms with E-state index < -0.39 is 0 Å². The molecule has 2 nitrogen and oxygen atoms in total. The molecule has 2 aromatic heterocycles. The molecule has 0 aliphatic heterocycles. The molecule has 0 unspecified atom stereocenters. The Balaban J connectivity index is 2.26. The van der Waals surface area contributed by atoms with E-state index in [0.29, 0.717) is 0 Å². The van der Waals surface area contributed by atoms with Crippen molar-refractivity contribution >= 4 is 11.1 Å². The molecular formula is C12H12N2. The summed E-state index contributed by atoms with van der Waals surface area (Å²) in [5.41, 5.74) is 3.84. The summed E-state index contributed by atoms with van der Waals surface area (Å²) >= 11 is 0. The molecule has 0 saturated carbocycles. The second-order valence-electron chi connectivity index (χ2n) is 3.12. The molecular weight excluding hydrogens is 172 g/mol. The Hall–Kier alpha value is -1.96.